The van der Waals surface area contributed by atoms with Crippen LogP contribution in [0.5, 0.6) is 5.75 Å². The summed E-state index contributed by atoms with van der Waals surface area (Å²) in [6, 6.07) is 16.6. The molecule has 0 saturated heterocycles. The fourth-order valence-electron chi connectivity index (χ4n) is 3.06. The smallest absolute Gasteiger partial charge is 0.118 e. The number of aromatic amines is 1. The van der Waals surface area contributed by atoms with Gasteiger partial charge in [-0.15, -0.1) is 0 Å². The lowest BCUT2D eigenvalue weighted by atomic mass is 9.88. The van der Waals surface area contributed by atoms with Crippen molar-refractivity contribution >= 4 is 0 Å². The minimum absolute atomic E-state index is 0.869. The van der Waals surface area contributed by atoms with E-state index < -0.39 is 0 Å². The van der Waals surface area contributed by atoms with Gasteiger partial charge in [0.25, 0.3) is 0 Å². The summed E-state index contributed by atoms with van der Waals surface area (Å²) in [5.41, 5.74) is 7.36. The van der Waals surface area contributed by atoms with Crippen molar-refractivity contribution in [3.05, 3.63) is 59.7 Å². The van der Waals surface area contributed by atoms with Gasteiger partial charge in [0.15, 0.2) is 0 Å². The van der Waals surface area contributed by atoms with Gasteiger partial charge in [-0.05, 0) is 42.7 Å². The van der Waals surface area contributed by atoms with Gasteiger partial charge >= 0.3 is 0 Å². The Labute approximate surface area is 123 Å². The van der Waals surface area contributed by atoms with Gasteiger partial charge in [0.05, 0.1) is 18.5 Å². The fraction of sp³-hybridized carbons (Fsp3) is 0.167. The van der Waals surface area contributed by atoms with Gasteiger partial charge in [-0.1, -0.05) is 24.3 Å². The van der Waals surface area contributed by atoms with Crippen LogP contribution in [-0.2, 0) is 12.8 Å². The Morgan fingerprint density at radius 2 is 1.81 bits per heavy atom. The molecule has 0 radical (unpaired) electrons. The Balaban J connectivity index is 1.82. The molecule has 0 amide bonds. The van der Waals surface area contributed by atoms with Crippen molar-refractivity contribution in [1.29, 1.82) is 0 Å². The number of hydrogen-bond acceptors (Lipinski definition) is 2. The Kier molecular flexibility index (Phi) is 2.78. The molecule has 3 aromatic rings. The highest BCUT2D eigenvalue weighted by molar-refractivity contribution is 5.77. The lowest BCUT2D eigenvalue weighted by molar-refractivity contribution is 0.415. The molecule has 0 saturated carbocycles. The molecule has 0 spiro atoms. The van der Waals surface area contributed by atoms with Crippen LogP contribution in [0.25, 0.3) is 22.5 Å². The van der Waals surface area contributed by atoms with Gasteiger partial charge in [-0.2, -0.15) is 5.10 Å². The third-order valence-electron chi connectivity index (χ3n) is 4.16. The van der Waals surface area contributed by atoms with Gasteiger partial charge in [-0.25, -0.2) is 0 Å². The number of aryl methyl sites for hydroxylation is 1. The summed E-state index contributed by atoms with van der Waals surface area (Å²) in [5, 5.41) is 7.78. The molecule has 3 heteroatoms. The molecule has 1 aliphatic carbocycles. The first-order valence-corrected chi connectivity index (χ1v) is 7.17. The van der Waals surface area contributed by atoms with Crippen LogP contribution in [-0.4, -0.2) is 17.3 Å². The monoisotopic (exact) mass is 276 g/mol. The van der Waals surface area contributed by atoms with Crippen molar-refractivity contribution in [1.82, 2.24) is 10.2 Å². The average molecular weight is 276 g/mol. The molecular weight excluding hydrogens is 260 g/mol. The van der Waals surface area contributed by atoms with E-state index in [1.807, 2.05) is 12.1 Å². The first-order chi connectivity index (χ1) is 10.4. The second kappa shape index (κ2) is 4.77. The minimum atomic E-state index is 0.869. The zero-order chi connectivity index (χ0) is 14.2. The summed E-state index contributed by atoms with van der Waals surface area (Å²) in [6.45, 7) is 0. The molecular formula is C18H16N2O. The average Bonchev–Trinajstić information content (AvgIpc) is 2.99. The lowest BCUT2D eigenvalue weighted by Crippen LogP contribution is -2.03. The summed E-state index contributed by atoms with van der Waals surface area (Å²) in [7, 11) is 1.68. The maximum atomic E-state index is 5.22. The molecule has 0 aliphatic heterocycles. The zero-order valence-electron chi connectivity index (χ0n) is 11.9. The number of nitrogens with one attached hydrogen (secondary N) is 1. The number of aromatic nitrogens is 2. The topological polar surface area (TPSA) is 37.9 Å². The summed E-state index contributed by atoms with van der Waals surface area (Å²) in [5.74, 6) is 0.869. The normalized spacial score (nSPS) is 12.6. The highest BCUT2D eigenvalue weighted by Crippen LogP contribution is 2.37. The Morgan fingerprint density at radius 1 is 1.00 bits per heavy atom. The second-order valence-corrected chi connectivity index (χ2v) is 5.31. The van der Waals surface area contributed by atoms with Crippen molar-refractivity contribution in [3.8, 4) is 28.3 Å². The number of methoxy groups -OCH3 is 1. The molecule has 1 N–H and O–H groups in total. The molecule has 0 unspecified atom stereocenters. The maximum absolute atomic E-state index is 5.22. The van der Waals surface area contributed by atoms with Gasteiger partial charge in [0.1, 0.15) is 5.75 Å². The summed E-state index contributed by atoms with van der Waals surface area (Å²) >= 11 is 0. The molecule has 0 fully saturated rings. The largest absolute Gasteiger partial charge is 0.497 e. The number of nitrogens with zero attached hydrogens (tertiary/aromatic N) is 1. The SMILES string of the molecule is COc1ccc(-c2n[nH]c3c2CCc2ccccc2-3)cc1. The van der Waals surface area contributed by atoms with Crippen LogP contribution in [0, 0.1) is 0 Å². The van der Waals surface area contributed by atoms with E-state index in [0.717, 1.165) is 29.8 Å². The molecule has 1 heterocycles. The van der Waals surface area contributed by atoms with E-state index in [-0.39, 0.29) is 0 Å². The van der Waals surface area contributed by atoms with E-state index in [4.69, 9.17) is 4.74 Å². The van der Waals surface area contributed by atoms with E-state index in [2.05, 4.69) is 46.6 Å². The molecule has 2 aromatic carbocycles. The van der Waals surface area contributed by atoms with Gasteiger partial charge in [0.2, 0.25) is 0 Å². The van der Waals surface area contributed by atoms with Crippen LogP contribution in [0.3, 0.4) is 0 Å². The highest BCUT2D eigenvalue weighted by atomic mass is 16.5. The van der Waals surface area contributed by atoms with E-state index in [1.165, 1.54) is 22.4 Å². The number of ether oxygens (including phenoxy) is 1. The molecule has 0 bridgehead atoms. The Bertz CT molecular complexity index is 787. The number of hydrogen-bond donors (Lipinski definition) is 1. The van der Waals surface area contributed by atoms with Crippen molar-refractivity contribution in [2.75, 3.05) is 7.11 Å². The number of rotatable bonds is 2. The second-order valence-electron chi connectivity index (χ2n) is 5.31. The predicted octanol–water partition coefficient (Wildman–Crippen LogP) is 3.85. The van der Waals surface area contributed by atoms with Crippen LogP contribution in [0.4, 0.5) is 0 Å². The van der Waals surface area contributed by atoms with E-state index in [1.54, 1.807) is 7.11 Å². The first kappa shape index (κ1) is 12.2. The maximum Gasteiger partial charge on any atom is 0.118 e. The van der Waals surface area contributed by atoms with Gasteiger partial charge < -0.3 is 4.74 Å². The molecule has 1 aromatic heterocycles. The predicted molar refractivity (Wildman–Crippen MR) is 83.4 cm³/mol. The minimum Gasteiger partial charge on any atom is -0.497 e. The Morgan fingerprint density at radius 3 is 2.62 bits per heavy atom. The van der Waals surface area contributed by atoms with Crippen LogP contribution < -0.4 is 4.74 Å². The molecule has 104 valence electrons. The van der Waals surface area contributed by atoms with Crippen LogP contribution in [0.2, 0.25) is 0 Å². The molecule has 4 rings (SSSR count). The van der Waals surface area contributed by atoms with Gasteiger partial charge in [-0.3, -0.25) is 5.10 Å². The highest BCUT2D eigenvalue weighted by Gasteiger charge is 2.22. The fourth-order valence-corrected chi connectivity index (χ4v) is 3.06. The quantitative estimate of drug-likeness (QED) is 0.772. The molecule has 21 heavy (non-hydrogen) atoms. The van der Waals surface area contributed by atoms with Crippen LogP contribution in [0.1, 0.15) is 11.1 Å². The number of benzene rings is 2. The third kappa shape index (κ3) is 1.93. The zero-order valence-corrected chi connectivity index (χ0v) is 11.9. The standard InChI is InChI=1S/C18H16N2O/c1-21-14-9-6-13(7-10-14)17-16-11-8-12-4-2-3-5-15(12)18(16)20-19-17/h2-7,9-10H,8,11H2,1H3,(H,19,20). The number of fused-ring (bicyclic) bond motifs is 3. The van der Waals surface area contributed by atoms with Crippen LogP contribution >= 0.6 is 0 Å². The lowest BCUT2D eigenvalue weighted by Gasteiger charge is -2.16. The van der Waals surface area contributed by atoms with Crippen molar-refractivity contribution in [3.63, 3.8) is 0 Å². The summed E-state index contributed by atoms with van der Waals surface area (Å²) in [6.07, 6.45) is 2.11. The number of H-pyrrole nitrogens is 1. The van der Waals surface area contributed by atoms with Crippen molar-refractivity contribution in [2.45, 2.75) is 12.8 Å². The summed E-state index contributed by atoms with van der Waals surface area (Å²) < 4.78 is 5.22. The van der Waals surface area contributed by atoms with Crippen molar-refractivity contribution < 1.29 is 4.74 Å². The summed E-state index contributed by atoms with van der Waals surface area (Å²) in [4.78, 5) is 0. The molecule has 1 aliphatic rings. The van der Waals surface area contributed by atoms with Gasteiger partial charge in [0, 0.05) is 16.7 Å². The molecule has 3 nitrogen and oxygen atoms in total. The molecule has 0 atom stereocenters. The van der Waals surface area contributed by atoms with E-state index >= 15 is 0 Å². The van der Waals surface area contributed by atoms with E-state index in [0.29, 0.717) is 0 Å². The third-order valence-corrected chi connectivity index (χ3v) is 4.16. The van der Waals surface area contributed by atoms with Crippen LogP contribution in [0.15, 0.2) is 48.5 Å². The van der Waals surface area contributed by atoms with E-state index in [9.17, 15) is 0 Å². The first-order valence-electron chi connectivity index (χ1n) is 7.17. The van der Waals surface area contributed by atoms with Crippen molar-refractivity contribution in [2.24, 2.45) is 0 Å². The Hall–Kier alpha value is -2.55.